The highest BCUT2D eigenvalue weighted by Crippen LogP contribution is 2.36. The Morgan fingerprint density at radius 3 is 2.71 bits per heavy atom. The number of fused-ring (bicyclic) bond motifs is 3. The van der Waals surface area contributed by atoms with Gasteiger partial charge in [0, 0.05) is 31.2 Å². The van der Waals surface area contributed by atoms with Gasteiger partial charge in [-0.05, 0) is 63.5 Å². The third kappa shape index (κ3) is 4.14. The maximum atomic E-state index is 13.6. The van der Waals surface area contributed by atoms with Crippen molar-refractivity contribution in [2.75, 3.05) is 20.3 Å². The summed E-state index contributed by atoms with van der Waals surface area (Å²) in [7, 11) is 1.67. The first-order chi connectivity index (χ1) is 14.9. The quantitative estimate of drug-likeness (QED) is 0.650. The lowest BCUT2D eigenvalue weighted by Gasteiger charge is -2.45. The van der Waals surface area contributed by atoms with E-state index in [1.165, 1.54) is 4.88 Å². The number of carbonyl (C=O) groups is 2. The van der Waals surface area contributed by atoms with E-state index in [0.29, 0.717) is 31.8 Å². The van der Waals surface area contributed by atoms with Crippen molar-refractivity contribution in [3.8, 4) is 0 Å². The lowest BCUT2D eigenvalue weighted by Crippen LogP contribution is -2.65. The lowest BCUT2D eigenvalue weighted by atomic mass is 9.86. The van der Waals surface area contributed by atoms with Gasteiger partial charge in [-0.25, -0.2) is 0 Å². The summed E-state index contributed by atoms with van der Waals surface area (Å²) in [6, 6.07) is 4.39. The zero-order valence-electron chi connectivity index (χ0n) is 19.2. The Labute approximate surface area is 188 Å². The van der Waals surface area contributed by atoms with Crippen LogP contribution in [0.25, 0.3) is 10.2 Å². The van der Waals surface area contributed by atoms with Gasteiger partial charge in [0.25, 0.3) is 5.91 Å². The first-order valence-electron chi connectivity index (χ1n) is 11.6. The van der Waals surface area contributed by atoms with Crippen LogP contribution in [-0.4, -0.2) is 53.1 Å². The topological polar surface area (TPSA) is 63.6 Å². The summed E-state index contributed by atoms with van der Waals surface area (Å²) < 4.78 is 8.42. The average Bonchev–Trinajstić information content (AvgIpc) is 3.30. The molecule has 0 spiro atoms. The highest BCUT2D eigenvalue weighted by molar-refractivity contribution is 7.19. The van der Waals surface area contributed by atoms with Crippen LogP contribution < -0.4 is 5.32 Å². The van der Waals surface area contributed by atoms with E-state index in [-0.39, 0.29) is 17.9 Å². The zero-order chi connectivity index (χ0) is 22.2. The van der Waals surface area contributed by atoms with E-state index in [0.717, 1.165) is 48.2 Å². The number of ether oxygens (including phenoxy) is 1. The highest BCUT2D eigenvalue weighted by atomic mass is 32.1. The minimum Gasteiger partial charge on any atom is -0.385 e. The number of rotatable bonds is 7. The number of hydrogen-bond donors (Lipinski definition) is 1. The van der Waals surface area contributed by atoms with Crippen LogP contribution in [0.15, 0.2) is 12.1 Å². The first-order valence-corrected chi connectivity index (χ1v) is 12.4. The van der Waals surface area contributed by atoms with Crippen LogP contribution in [0.2, 0.25) is 0 Å². The number of aryl methyl sites for hydroxylation is 1. The van der Waals surface area contributed by atoms with Crippen molar-refractivity contribution >= 4 is 33.4 Å². The van der Waals surface area contributed by atoms with Gasteiger partial charge in [0.1, 0.15) is 11.2 Å². The summed E-state index contributed by atoms with van der Waals surface area (Å²) >= 11 is 1.74. The van der Waals surface area contributed by atoms with E-state index in [4.69, 9.17) is 4.74 Å². The summed E-state index contributed by atoms with van der Waals surface area (Å²) in [6.07, 6.45) is 6.02. The summed E-state index contributed by atoms with van der Waals surface area (Å²) in [5.74, 6) is 0.641. The van der Waals surface area contributed by atoms with Crippen LogP contribution in [-0.2, 0) is 22.5 Å². The number of thiophene rings is 1. The molecule has 2 aromatic heterocycles. The molecule has 1 saturated carbocycles. The third-order valence-corrected chi connectivity index (χ3v) is 8.30. The maximum Gasteiger partial charge on any atom is 0.271 e. The second kappa shape index (κ2) is 8.94. The van der Waals surface area contributed by atoms with Crippen LogP contribution in [0, 0.1) is 5.92 Å². The molecule has 0 radical (unpaired) electrons. The van der Waals surface area contributed by atoms with E-state index in [1.807, 2.05) is 13.0 Å². The molecule has 1 aliphatic carbocycles. The van der Waals surface area contributed by atoms with Crippen LogP contribution in [0.3, 0.4) is 0 Å². The highest BCUT2D eigenvalue weighted by Gasteiger charge is 2.48. The van der Waals surface area contributed by atoms with Gasteiger partial charge in [-0.1, -0.05) is 13.8 Å². The van der Waals surface area contributed by atoms with Gasteiger partial charge in [0.15, 0.2) is 0 Å². The van der Waals surface area contributed by atoms with Crippen LogP contribution in [0.5, 0.6) is 0 Å². The van der Waals surface area contributed by atoms with Crippen LogP contribution >= 0.6 is 11.3 Å². The first kappa shape index (κ1) is 22.3. The molecular weight excluding hydrogens is 410 g/mol. The molecule has 6 nitrogen and oxygen atoms in total. The molecule has 0 aromatic carbocycles. The molecule has 31 heavy (non-hydrogen) atoms. The fourth-order valence-corrected chi connectivity index (χ4v) is 6.07. The van der Waals surface area contributed by atoms with Crippen molar-refractivity contribution in [2.45, 2.75) is 77.4 Å². The molecule has 0 saturated heterocycles. The minimum absolute atomic E-state index is 0.0312. The Kier molecular flexibility index (Phi) is 6.44. The predicted molar refractivity (Wildman–Crippen MR) is 125 cm³/mol. The molecule has 170 valence electrons. The Morgan fingerprint density at radius 2 is 2.03 bits per heavy atom. The third-order valence-electron chi connectivity index (χ3n) is 7.09. The molecule has 7 heteroatoms. The van der Waals surface area contributed by atoms with E-state index < -0.39 is 5.54 Å². The van der Waals surface area contributed by atoms with Crippen LogP contribution in [0.1, 0.15) is 68.2 Å². The molecule has 1 fully saturated rings. The molecule has 1 N–H and O–H groups in total. The Hall–Kier alpha value is -1.86. The summed E-state index contributed by atoms with van der Waals surface area (Å²) in [5, 5.41) is 3.30. The molecular formula is C24H35N3O3S. The predicted octanol–water partition coefficient (Wildman–Crippen LogP) is 4.21. The second-order valence-corrected chi connectivity index (χ2v) is 10.6. The normalized spacial score (nSPS) is 26.3. The Morgan fingerprint density at radius 1 is 1.29 bits per heavy atom. The van der Waals surface area contributed by atoms with Gasteiger partial charge in [0.05, 0.1) is 16.8 Å². The van der Waals surface area contributed by atoms with Gasteiger partial charge >= 0.3 is 0 Å². The van der Waals surface area contributed by atoms with Crippen molar-refractivity contribution in [1.29, 1.82) is 0 Å². The van der Waals surface area contributed by atoms with Gasteiger partial charge in [0.2, 0.25) is 5.91 Å². The van der Waals surface area contributed by atoms with Crippen molar-refractivity contribution < 1.29 is 14.3 Å². The van der Waals surface area contributed by atoms with E-state index in [9.17, 15) is 9.59 Å². The number of carbonyl (C=O) groups excluding carboxylic acids is 2. The van der Waals surface area contributed by atoms with E-state index in [1.54, 1.807) is 23.3 Å². The largest absolute Gasteiger partial charge is 0.385 e. The SMILES string of the molecule is CCc1cc2c(cc3n2CC(C)(C(=O)NC2CCC(C)CC2)N(CCCOC)C3=O)s1. The Bertz CT molecular complexity index is 957. The summed E-state index contributed by atoms with van der Waals surface area (Å²) in [6.45, 7) is 7.92. The number of nitrogens with one attached hydrogen (secondary N) is 1. The van der Waals surface area contributed by atoms with Gasteiger partial charge in [-0.15, -0.1) is 11.3 Å². The molecule has 2 aromatic rings. The van der Waals surface area contributed by atoms with Gasteiger partial charge in [-0.2, -0.15) is 0 Å². The fraction of sp³-hybridized carbons (Fsp3) is 0.667. The second-order valence-electron chi connectivity index (χ2n) is 9.44. The average molecular weight is 446 g/mol. The fourth-order valence-electron chi connectivity index (χ4n) is 5.03. The molecule has 2 aliphatic rings. The van der Waals surface area contributed by atoms with Crippen molar-refractivity contribution in [1.82, 2.24) is 14.8 Å². The monoisotopic (exact) mass is 445 g/mol. The van der Waals surface area contributed by atoms with E-state index in [2.05, 4.69) is 29.8 Å². The maximum absolute atomic E-state index is 13.6. The van der Waals surface area contributed by atoms with Crippen molar-refractivity contribution in [3.63, 3.8) is 0 Å². The smallest absolute Gasteiger partial charge is 0.271 e. The number of hydrogen-bond acceptors (Lipinski definition) is 4. The van der Waals surface area contributed by atoms with Crippen LogP contribution in [0.4, 0.5) is 0 Å². The number of aromatic nitrogens is 1. The van der Waals surface area contributed by atoms with Gasteiger partial charge < -0.3 is 19.5 Å². The molecule has 1 aliphatic heterocycles. The van der Waals surface area contributed by atoms with Crippen molar-refractivity contribution in [3.05, 3.63) is 22.7 Å². The number of nitrogens with zero attached hydrogens (tertiary/aromatic N) is 2. The summed E-state index contributed by atoms with van der Waals surface area (Å²) in [5.41, 5.74) is 0.853. The minimum atomic E-state index is -0.916. The van der Waals surface area contributed by atoms with E-state index >= 15 is 0 Å². The lowest BCUT2D eigenvalue weighted by molar-refractivity contribution is -0.134. The molecule has 1 unspecified atom stereocenters. The molecule has 1 atom stereocenters. The molecule has 3 heterocycles. The molecule has 4 rings (SSSR count). The van der Waals surface area contributed by atoms with Gasteiger partial charge in [-0.3, -0.25) is 9.59 Å². The molecule has 2 amide bonds. The zero-order valence-corrected chi connectivity index (χ0v) is 20.0. The summed E-state index contributed by atoms with van der Waals surface area (Å²) in [4.78, 5) is 30.3. The number of methoxy groups -OCH3 is 1. The van der Waals surface area contributed by atoms with Crippen molar-refractivity contribution in [2.24, 2.45) is 5.92 Å². The standard InChI is InChI=1S/C24H35N3O3S/c1-5-18-13-19-21(31-18)14-20-22(28)27(11-6-12-30-4)24(3,15-26(19)20)23(29)25-17-9-7-16(2)8-10-17/h13-14,16-17H,5-12,15H2,1-4H3,(H,25,29). The Balaban J connectivity index is 1.65. The molecule has 0 bridgehead atoms. The number of amides is 2.